The van der Waals surface area contributed by atoms with Crippen molar-refractivity contribution >= 4 is 17.4 Å². The number of imidazole rings is 1. The lowest BCUT2D eigenvalue weighted by Gasteiger charge is -2.35. The van der Waals surface area contributed by atoms with E-state index in [0.29, 0.717) is 0 Å². The Morgan fingerprint density at radius 2 is 1.91 bits per heavy atom. The largest absolute Gasteiger partial charge is 0.362 e. The highest BCUT2D eigenvalue weighted by molar-refractivity contribution is 6.31. The first-order valence-corrected chi connectivity index (χ1v) is 12.6. The van der Waals surface area contributed by atoms with Crippen LogP contribution in [0.4, 0.5) is 0 Å². The second-order valence-electron chi connectivity index (χ2n) is 9.03. The Labute approximate surface area is 202 Å². The van der Waals surface area contributed by atoms with E-state index in [-0.39, 0.29) is 5.78 Å². The lowest BCUT2D eigenvalue weighted by molar-refractivity contribution is 0.100. The van der Waals surface area contributed by atoms with Crippen molar-refractivity contribution in [1.29, 1.82) is 0 Å². The molecule has 1 aromatic heterocycles. The van der Waals surface area contributed by atoms with Crippen LogP contribution in [0.15, 0.2) is 53.9 Å². The molecule has 1 aromatic carbocycles. The van der Waals surface area contributed by atoms with Crippen molar-refractivity contribution < 1.29 is 4.79 Å². The van der Waals surface area contributed by atoms with Gasteiger partial charge in [0, 0.05) is 37.3 Å². The molecule has 6 heteroatoms. The maximum absolute atomic E-state index is 11.7. The van der Waals surface area contributed by atoms with Crippen molar-refractivity contribution in [2.75, 3.05) is 26.2 Å². The van der Waals surface area contributed by atoms with Gasteiger partial charge in [-0.25, -0.2) is 4.98 Å². The SMILES string of the molecule is CC(=O)c1cnc2n1CCN(C(/C=C/CN1CCC1)=C1CCC1)C2.CCc1ccccc1Cl. The van der Waals surface area contributed by atoms with Crippen LogP contribution in [0.25, 0.3) is 0 Å². The Bertz CT molecular complexity index is 1030. The Hall–Kier alpha value is -2.37. The van der Waals surface area contributed by atoms with Gasteiger partial charge in [0.25, 0.3) is 0 Å². The van der Waals surface area contributed by atoms with E-state index in [9.17, 15) is 4.79 Å². The predicted molar refractivity (Wildman–Crippen MR) is 135 cm³/mol. The van der Waals surface area contributed by atoms with Crippen molar-refractivity contribution in [3.05, 3.63) is 76.0 Å². The van der Waals surface area contributed by atoms with E-state index in [0.717, 1.165) is 49.1 Å². The molecule has 0 atom stereocenters. The summed E-state index contributed by atoms with van der Waals surface area (Å²) in [5.74, 6) is 1.12. The molecule has 1 aliphatic carbocycles. The van der Waals surface area contributed by atoms with Crippen molar-refractivity contribution in [3.63, 3.8) is 0 Å². The number of hydrogen-bond donors (Lipinski definition) is 0. The standard InChI is InChI=1S/C19H26N4O.C8H9Cl/c1-15(24)18-13-20-19-14-22(11-12-23(18)19)17(16-5-2-6-16)7-3-8-21-9-4-10-21;1-2-7-5-3-4-6-8(7)9/h3,7,13H,2,4-6,8-12,14H2,1H3;3-6H,2H2,1H3/b7-3+;. The predicted octanol–water partition coefficient (Wildman–Crippen LogP) is 5.50. The number of fused-ring (bicyclic) bond motifs is 1. The summed E-state index contributed by atoms with van der Waals surface area (Å²) in [6, 6.07) is 7.91. The van der Waals surface area contributed by atoms with Crippen LogP contribution in [0.2, 0.25) is 5.02 Å². The third kappa shape index (κ3) is 5.77. The van der Waals surface area contributed by atoms with Gasteiger partial charge in [-0.3, -0.25) is 9.69 Å². The molecule has 0 bridgehead atoms. The molecule has 2 aromatic rings. The van der Waals surface area contributed by atoms with Crippen LogP contribution in [-0.2, 0) is 19.5 Å². The number of carbonyl (C=O) groups is 1. The van der Waals surface area contributed by atoms with E-state index in [1.165, 1.54) is 50.0 Å². The van der Waals surface area contributed by atoms with Crippen molar-refractivity contribution in [2.24, 2.45) is 0 Å². The molecule has 0 amide bonds. The number of allylic oxidation sites excluding steroid dienone is 2. The maximum atomic E-state index is 11.7. The number of halogens is 1. The van der Waals surface area contributed by atoms with Crippen LogP contribution in [-0.4, -0.2) is 51.3 Å². The first-order chi connectivity index (χ1) is 16.1. The quantitative estimate of drug-likeness (QED) is 0.527. The van der Waals surface area contributed by atoms with Gasteiger partial charge in [0.05, 0.1) is 12.7 Å². The first-order valence-electron chi connectivity index (χ1n) is 12.2. The number of hydrogen-bond acceptors (Lipinski definition) is 4. The molecule has 0 unspecified atom stereocenters. The highest BCUT2D eigenvalue weighted by Gasteiger charge is 2.25. The highest BCUT2D eigenvalue weighted by atomic mass is 35.5. The van der Waals surface area contributed by atoms with Crippen molar-refractivity contribution in [3.8, 4) is 0 Å². The summed E-state index contributed by atoms with van der Waals surface area (Å²) in [6.45, 7) is 9.88. The zero-order valence-electron chi connectivity index (χ0n) is 19.9. The minimum atomic E-state index is 0.106. The molecular weight excluding hydrogens is 432 g/mol. The van der Waals surface area contributed by atoms with E-state index in [4.69, 9.17) is 11.6 Å². The van der Waals surface area contributed by atoms with Crippen LogP contribution in [0.3, 0.4) is 0 Å². The number of ketones is 1. The Kier molecular flexibility index (Phi) is 8.05. The number of aromatic nitrogens is 2. The lowest BCUT2D eigenvalue weighted by atomic mass is 9.89. The van der Waals surface area contributed by atoms with Crippen LogP contribution >= 0.6 is 11.6 Å². The zero-order valence-corrected chi connectivity index (χ0v) is 20.7. The number of carbonyl (C=O) groups excluding carboxylic acids is 1. The molecule has 1 saturated heterocycles. The van der Waals surface area contributed by atoms with E-state index in [1.54, 1.807) is 18.7 Å². The summed E-state index contributed by atoms with van der Waals surface area (Å²) >= 11 is 5.82. The molecule has 5 rings (SSSR count). The van der Waals surface area contributed by atoms with E-state index < -0.39 is 0 Å². The molecule has 0 spiro atoms. The average molecular weight is 467 g/mol. The zero-order chi connectivity index (χ0) is 23.2. The lowest BCUT2D eigenvalue weighted by Crippen LogP contribution is -2.37. The topological polar surface area (TPSA) is 41.4 Å². The minimum Gasteiger partial charge on any atom is -0.362 e. The second kappa shape index (κ2) is 11.2. The summed E-state index contributed by atoms with van der Waals surface area (Å²) in [4.78, 5) is 21.1. The average Bonchev–Trinajstić information content (AvgIpc) is 3.17. The van der Waals surface area contributed by atoms with Gasteiger partial charge in [-0.15, -0.1) is 0 Å². The maximum Gasteiger partial charge on any atom is 0.177 e. The molecule has 3 aliphatic rings. The first kappa shape index (κ1) is 23.8. The van der Waals surface area contributed by atoms with Gasteiger partial charge >= 0.3 is 0 Å². The third-order valence-corrected chi connectivity index (χ3v) is 7.18. The van der Waals surface area contributed by atoms with Gasteiger partial charge in [0.2, 0.25) is 0 Å². The van der Waals surface area contributed by atoms with E-state index in [1.807, 2.05) is 24.3 Å². The number of benzene rings is 1. The number of nitrogens with zero attached hydrogens (tertiary/aromatic N) is 4. The number of Topliss-reactive ketones (excluding diaryl/α,β-unsaturated/α-hetero) is 1. The Morgan fingerprint density at radius 1 is 1.12 bits per heavy atom. The third-order valence-electron chi connectivity index (χ3n) is 6.81. The minimum absolute atomic E-state index is 0.106. The summed E-state index contributed by atoms with van der Waals surface area (Å²) < 4.78 is 2.09. The smallest absolute Gasteiger partial charge is 0.177 e. The molecule has 33 heavy (non-hydrogen) atoms. The van der Waals surface area contributed by atoms with Gasteiger partial charge < -0.3 is 9.47 Å². The van der Waals surface area contributed by atoms with Gasteiger partial charge in [-0.1, -0.05) is 42.8 Å². The molecule has 5 nitrogen and oxygen atoms in total. The van der Waals surface area contributed by atoms with Gasteiger partial charge in [0.15, 0.2) is 5.78 Å². The molecule has 2 aliphatic heterocycles. The van der Waals surface area contributed by atoms with Crippen molar-refractivity contribution in [2.45, 2.75) is 59.0 Å². The van der Waals surface area contributed by atoms with E-state index in [2.05, 4.69) is 38.4 Å². The normalized spacial score (nSPS) is 17.7. The summed E-state index contributed by atoms with van der Waals surface area (Å²) in [5.41, 5.74) is 4.96. The summed E-state index contributed by atoms with van der Waals surface area (Å²) in [5, 5.41) is 0.875. The van der Waals surface area contributed by atoms with Crippen LogP contribution in [0.1, 0.15) is 61.4 Å². The monoisotopic (exact) mass is 466 g/mol. The molecule has 0 radical (unpaired) electrons. The van der Waals surface area contributed by atoms with E-state index >= 15 is 0 Å². The summed E-state index contributed by atoms with van der Waals surface area (Å²) in [7, 11) is 0. The van der Waals surface area contributed by atoms with Crippen LogP contribution in [0, 0.1) is 0 Å². The highest BCUT2D eigenvalue weighted by Crippen LogP contribution is 2.32. The van der Waals surface area contributed by atoms with Crippen LogP contribution < -0.4 is 0 Å². The van der Waals surface area contributed by atoms with Gasteiger partial charge in [0.1, 0.15) is 11.5 Å². The van der Waals surface area contributed by atoms with Crippen LogP contribution in [0.5, 0.6) is 0 Å². The summed E-state index contributed by atoms with van der Waals surface area (Å²) in [6.07, 6.45) is 12.5. The molecular formula is C27H35ClN4O. The molecule has 0 N–H and O–H groups in total. The number of aryl methyl sites for hydroxylation is 1. The fourth-order valence-electron chi connectivity index (χ4n) is 4.47. The fourth-order valence-corrected chi connectivity index (χ4v) is 4.74. The van der Waals surface area contributed by atoms with Gasteiger partial charge in [-0.05, 0) is 68.5 Å². The van der Waals surface area contributed by atoms with Crippen molar-refractivity contribution in [1.82, 2.24) is 19.4 Å². The number of rotatable bonds is 6. The molecule has 176 valence electrons. The van der Waals surface area contributed by atoms with Gasteiger partial charge in [-0.2, -0.15) is 0 Å². The molecule has 2 fully saturated rings. The Balaban J connectivity index is 0.000000243. The molecule has 3 heterocycles. The Morgan fingerprint density at radius 3 is 2.48 bits per heavy atom. The second-order valence-corrected chi connectivity index (χ2v) is 9.44. The number of likely N-dealkylation sites (tertiary alicyclic amines) is 1. The molecule has 1 saturated carbocycles. The fraction of sp³-hybridized carbons (Fsp3) is 0.481.